The predicted molar refractivity (Wildman–Crippen MR) is 68.8 cm³/mol. The van der Waals surface area contributed by atoms with E-state index in [1.807, 2.05) is 13.8 Å². The van der Waals surface area contributed by atoms with Gasteiger partial charge in [-0.2, -0.15) is 0 Å². The van der Waals surface area contributed by atoms with Gasteiger partial charge in [-0.25, -0.2) is 9.59 Å². The molecule has 2 N–H and O–H groups in total. The van der Waals surface area contributed by atoms with Crippen molar-refractivity contribution >= 4 is 12.0 Å². The quantitative estimate of drug-likeness (QED) is 0.799. The Kier molecular flexibility index (Phi) is 4.29. The number of nitrogens with one attached hydrogen (secondary N) is 1. The molecule has 0 aromatic heterocycles. The number of rotatable bonds is 3. The van der Waals surface area contributed by atoms with Crippen LogP contribution in [0, 0.1) is 11.8 Å². The van der Waals surface area contributed by atoms with E-state index >= 15 is 0 Å². The molecule has 4 atom stereocenters. The second-order valence-corrected chi connectivity index (χ2v) is 5.60. The van der Waals surface area contributed by atoms with Crippen molar-refractivity contribution in [1.82, 2.24) is 10.2 Å². The molecule has 6 heteroatoms. The summed E-state index contributed by atoms with van der Waals surface area (Å²) in [6.07, 6.45) is 1.69. The molecule has 0 saturated carbocycles. The molecule has 19 heavy (non-hydrogen) atoms. The van der Waals surface area contributed by atoms with Gasteiger partial charge in [0.15, 0.2) is 0 Å². The van der Waals surface area contributed by atoms with Crippen LogP contribution in [-0.4, -0.2) is 53.8 Å². The van der Waals surface area contributed by atoms with Gasteiger partial charge in [0.1, 0.15) is 6.04 Å². The van der Waals surface area contributed by atoms with Crippen molar-refractivity contribution < 1.29 is 19.4 Å². The van der Waals surface area contributed by atoms with Gasteiger partial charge in [-0.1, -0.05) is 6.92 Å². The summed E-state index contributed by atoms with van der Waals surface area (Å²) in [6.45, 7) is 5.74. The summed E-state index contributed by atoms with van der Waals surface area (Å²) >= 11 is 0. The van der Waals surface area contributed by atoms with Gasteiger partial charge in [-0.3, -0.25) is 0 Å². The molecule has 0 aromatic rings. The Morgan fingerprint density at radius 1 is 1.42 bits per heavy atom. The molecule has 2 aliphatic heterocycles. The number of carbonyl (C=O) groups is 2. The van der Waals surface area contributed by atoms with Crippen LogP contribution in [0.1, 0.15) is 26.7 Å². The van der Waals surface area contributed by atoms with E-state index in [0.717, 1.165) is 19.4 Å². The Labute approximate surface area is 113 Å². The highest BCUT2D eigenvalue weighted by Gasteiger charge is 2.40. The van der Waals surface area contributed by atoms with E-state index in [4.69, 9.17) is 4.74 Å². The summed E-state index contributed by atoms with van der Waals surface area (Å²) < 4.78 is 5.30. The van der Waals surface area contributed by atoms with Gasteiger partial charge in [-0.15, -0.1) is 0 Å². The molecule has 2 heterocycles. The molecule has 6 nitrogen and oxygen atoms in total. The summed E-state index contributed by atoms with van der Waals surface area (Å²) in [5.41, 5.74) is 0. The van der Waals surface area contributed by atoms with Crippen LogP contribution in [-0.2, 0) is 9.53 Å². The summed E-state index contributed by atoms with van der Waals surface area (Å²) in [6, 6.07) is -0.955. The summed E-state index contributed by atoms with van der Waals surface area (Å²) in [4.78, 5) is 24.9. The fraction of sp³-hybridized carbons (Fsp3) is 0.846. The van der Waals surface area contributed by atoms with E-state index in [0.29, 0.717) is 19.1 Å². The molecule has 0 radical (unpaired) electrons. The fourth-order valence-electron chi connectivity index (χ4n) is 2.89. The van der Waals surface area contributed by atoms with Crippen LogP contribution >= 0.6 is 0 Å². The molecular weight excluding hydrogens is 248 g/mol. The van der Waals surface area contributed by atoms with Gasteiger partial charge in [0.2, 0.25) is 0 Å². The number of likely N-dealkylation sites (tertiary alicyclic amines) is 1. The maximum Gasteiger partial charge on any atom is 0.326 e. The van der Waals surface area contributed by atoms with Crippen LogP contribution in [0.25, 0.3) is 0 Å². The summed E-state index contributed by atoms with van der Waals surface area (Å²) in [5.74, 6) is -0.586. The molecule has 2 aliphatic rings. The Balaban J connectivity index is 1.93. The highest BCUT2D eigenvalue weighted by Crippen LogP contribution is 2.24. The van der Waals surface area contributed by atoms with Gasteiger partial charge in [0.05, 0.1) is 6.61 Å². The molecule has 2 amide bonds. The lowest BCUT2D eigenvalue weighted by Gasteiger charge is -2.27. The number of ether oxygens (including phenoxy) is 1. The predicted octanol–water partition coefficient (Wildman–Crippen LogP) is 0.916. The summed E-state index contributed by atoms with van der Waals surface area (Å²) in [5, 5.41) is 12.1. The van der Waals surface area contributed by atoms with Gasteiger partial charge >= 0.3 is 12.0 Å². The smallest absolute Gasteiger partial charge is 0.326 e. The van der Waals surface area contributed by atoms with Crippen LogP contribution in [0.4, 0.5) is 4.79 Å². The van der Waals surface area contributed by atoms with Crippen molar-refractivity contribution in [3.05, 3.63) is 0 Å². The van der Waals surface area contributed by atoms with E-state index < -0.39 is 12.0 Å². The first kappa shape index (κ1) is 14.1. The van der Waals surface area contributed by atoms with Crippen molar-refractivity contribution in [2.75, 3.05) is 19.8 Å². The largest absolute Gasteiger partial charge is 0.480 e. The van der Waals surface area contributed by atoms with E-state index in [1.165, 1.54) is 4.90 Å². The highest BCUT2D eigenvalue weighted by atomic mass is 16.5. The highest BCUT2D eigenvalue weighted by molar-refractivity contribution is 5.83. The lowest BCUT2D eigenvalue weighted by molar-refractivity contribution is -0.142. The molecule has 2 saturated heterocycles. The number of carboxylic acid groups (broad SMARTS) is 1. The van der Waals surface area contributed by atoms with Gasteiger partial charge in [0.25, 0.3) is 0 Å². The van der Waals surface area contributed by atoms with Crippen LogP contribution in [0.3, 0.4) is 0 Å². The number of hydrogen-bond acceptors (Lipinski definition) is 3. The monoisotopic (exact) mass is 270 g/mol. The zero-order valence-electron chi connectivity index (χ0n) is 11.5. The number of amides is 2. The van der Waals surface area contributed by atoms with Crippen molar-refractivity contribution in [1.29, 1.82) is 0 Å². The fourth-order valence-corrected chi connectivity index (χ4v) is 2.89. The third kappa shape index (κ3) is 3.00. The number of nitrogens with zero attached hydrogens (tertiary/aromatic N) is 1. The summed E-state index contributed by atoms with van der Waals surface area (Å²) in [7, 11) is 0. The van der Waals surface area contributed by atoms with Gasteiger partial charge in [0, 0.05) is 25.1 Å². The third-order valence-corrected chi connectivity index (χ3v) is 4.24. The molecule has 2 rings (SSSR count). The maximum atomic E-state index is 12.2. The first-order valence-electron chi connectivity index (χ1n) is 6.88. The standard InChI is InChI=1S/C13H22N2O4/c1-8-3-5-15(11(8)12(16)17)13(18)14-9(2)10-4-6-19-7-10/h8-11H,3-7H2,1-2H3,(H,14,18)(H,16,17). The van der Waals surface area contributed by atoms with Crippen molar-refractivity contribution in [2.45, 2.75) is 38.8 Å². The van der Waals surface area contributed by atoms with Gasteiger partial charge in [-0.05, 0) is 25.7 Å². The van der Waals surface area contributed by atoms with Crippen molar-refractivity contribution in [3.8, 4) is 0 Å². The number of carboxylic acids is 1. The number of aliphatic carboxylic acids is 1. The second-order valence-electron chi connectivity index (χ2n) is 5.60. The topological polar surface area (TPSA) is 78.9 Å². The van der Waals surface area contributed by atoms with E-state index in [-0.39, 0.29) is 18.0 Å². The average Bonchev–Trinajstić information content (AvgIpc) is 2.96. The molecular formula is C13H22N2O4. The normalized spacial score (nSPS) is 32.3. The SMILES string of the molecule is CC1CCN(C(=O)NC(C)C2CCOC2)C1C(=O)O. The van der Waals surface area contributed by atoms with Crippen molar-refractivity contribution in [2.24, 2.45) is 11.8 Å². The zero-order valence-corrected chi connectivity index (χ0v) is 11.5. The Morgan fingerprint density at radius 2 is 2.16 bits per heavy atom. The van der Waals surface area contributed by atoms with E-state index in [9.17, 15) is 14.7 Å². The lowest BCUT2D eigenvalue weighted by Crippen LogP contribution is -2.51. The Bertz CT molecular complexity index is 355. The zero-order chi connectivity index (χ0) is 14.0. The molecule has 0 spiro atoms. The average molecular weight is 270 g/mol. The molecule has 0 aliphatic carbocycles. The van der Waals surface area contributed by atoms with Crippen LogP contribution in [0.15, 0.2) is 0 Å². The molecule has 108 valence electrons. The molecule has 2 fully saturated rings. The van der Waals surface area contributed by atoms with Crippen LogP contribution in [0.5, 0.6) is 0 Å². The maximum absolute atomic E-state index is 12.2. The van der Waals surface area contributed by atoms with E-state index in [1.54, 1.807) is 0 Å². The second kappa shape index (κ2) is 5.77. The lowest BCUT2D eigenvalue weighted by atomic mass is 10.0. The number of carbonyl (C=O) groups excluding carboxylic acids is 1. The minimum Gasteiger partial charge on any atom is -0.480 e. The van der Waals surface area contributed by atoms with Crippen LogP contribution < -0.4 is 5.32 Å². The van der Waals surface area contributed by atoms with Crippen LogP contribution in [0.2, 0.25) is 0 Å². The number of hydrogen-bond donors (Lipinski definition) is 2. The van der Waals surface area contributed by atoms with Gasteiger partial charge < -0.3 is 20.1 Å². The van der Waals surface area contributed by atoms with Crippen molar-refractivity contribution in [3.63, 3.8) is 0 Å². The minimum absolute atomic E-state index is 0.00775. The third-order valence-electron chi connectivity index (χ3n) is 4.24. The first-order chi connectivity index (χ1) is 9.00. The number of urea groups is 1. The molecule has 0 bridgehead atoms. The Hall–Kier alpha value is -1.30. The Morgan fingerprint density at radius 3 is 2.74 bits per heavy atom. The first-order valence-corrected chi connectivity index (χ1v) is 6.88. The molecule has 0 aromatic carbocycles. The van der Waals surface area contributed by atoms with E-state index in [2.05, 4.69) is 5.32 Å². The minimum atomic E-state index is -0.919. The molecule has 4 unspecified atom stereocenters.